The van der Waals surface area contributed by atoms with E-state index in [1.54, 1.807) is 6.07 Å². The predicted octanol–water partition coefficient (Wildman–Crippen LogP) is 2.62. The summed E-state index contributed by atoms with van der Waals surface area (Å²) in [5.74, 6) is 0.129. The highest BCUT2D eigenvalue weighted by atomic mass is 35.5. The lowest BCUT2D eigenvalue weighted by atomic mass is 10.2. The standard InChI is InChI=1S/C6H4Cl2O.C5H11N.C2H7NO2S/c7-5-2-1-4(9)3-6(5)8;1-2-4-6-5-3-1;1-3-6(2,4)5/h1-3,9H;6H,1-5H2;3H,1-2H3. The second-order valence-corrected chi connectivity index (χ2v) is 7.15. The van der Waals surface area contributed by atoms with Gasteiger partial charge >= 0.3 is 0 Å². The maximum Gasteiger partial charge on any atom is 0.208 e. The molecule has 3 N–H and O–H groups in total. The van der Waals surface area contributed by atoms with E-state index in [1.165, 1.54) is 51.5 Å². The first-order valence-electron chi connectivity index (χ1n) is 6.49. The van der Waals surface area contributed by atoms with Crippen LogP contribution in [0, 0.1) is 0 Å². The summed E-state index contributed by atoms with van der Waals surface area (Å²) in [4.78, 5) is 0. The maximum atomic E-state index is 9.89. The normalized spacial score (nSPS) is 14.3. The van der Waals surface area contributed by atoms with Gasteiger partial charge in [-0.3, -0.25) is 0 Å². The van der Waals surface area contributed by atoms with E-state index in [2.05, 4.69) is 10.0 Å². The molecule has 0 amide bonds. The number of aromatic hydroxyl groups is 1. The minimum atomic E-state index is -2.91. The maximum absolute atomic E-state index is 9.89. The van der Waals surface area contributed by atoms with Crippen LogP contribution in [-0.4, -0.2) is 39.9 Å². The molecule has 0 radical (unpaired) electrons. The lowest BCUT2D eigenvalue weighted by Crippen LogP contribution is -2.21. The van der Waals surface area contributed by atoms with Crippen molar-refractivity contribution in [1.82, 2.24) is 10.0 Å². The van der Waals surface area contributed by atoms with E-state index in [4.69, 9.17) is 28.3 Å². The number of rotatable bonds is 1. The molecule has 0 atom stereocenters. The average molecular weight is 357 g/mol. The number of piperidine rings is 1. The van der Waals surface area contributed by atoms with E-state index in [0.717, 1.165) is 6.26 Å². The number of benzene rings is 1. The van der Waals surface area contributed by atoms with Crippen LogP contribution in [-0.2, 0) is 10.0 Å². The van der Waals surface area contributed by atoms with Crippen LogP contribution < -0.4 is 10.0 Å². The Balaban J connectivity index is 0.000000297. The Labute approximate surface area is 136 Å². The molecule has 1 fully saturated rings. The number of nitrogens with one attached hydrogen (secondary N) is 2. The molecule has 1 aliphatic rings. The first-order chi connectivity index (χ1) is 9.76. The van der Waals surface area contributed by atoms with Gasteiger partial charge in [0.15, 0.2) is 0 Å². The van der Waals surface area contributed by atoms with Gasteiger partial charge in [-0.25, -0.2) is 13.1 Å². The minimum absolute atomic E-state index is 0.129. The van der Waals surface area contributed by atoms with Gasteiger partial charge in [-0.1, -0.05) is 29.6 Å². The highest BCUT2D eigenvalue weighted by Crippen LogP contribution is 2.24. The summed E-state index contributed by atoms with van der Waals surface area (Å²) in [6, 6.07) is 4.41. The van der Waals surface area contributed by atoms with Crippen molar-refractivity contribution in [2.45, 2.75) is 19.3 Å². The van der Waals surface area contributed by atoms with Gasteiger partial charge in [0.05, 0.1) is 16.3 Å². The summed E-state index contributed by atoms with van der Waals surface area (Å²) < 4.78 is 21.9. The molecule has 21 heavy (non-hydrogen) atoms. The highest BCUT2D eigenvalue weighted by molar-refractivity contribution is 7.88. The minimum Gasteiger partial charge on any atom is -0.508 e. The highest BCUT2D eigenvalue weighted by Gasteiger charge is 1.95. The molecule has 122 valence electrons. The van der Waals surface area contributed by atoms with E-state index in [9.17, 15) is 8.42 Å². The zero-order valence-corrected chi connectivity index (χ0v) is 14.5. The van der Waals surface area contributed by atoms with Crippen molar-refractivity contribution in [1.29, 1.82) is 0 Å². The van der Waals surface area contributed by atoms with Gasteiger partial charge in [-0.2, -0.15) is 0 Å². The number of hydrogen-bond donors (Lipinski definition) is 3. The largest absolute Gasteiger partial charge is 0.508 e. The number of halogens is 2. The third-order valence-electron chi connectivity index (χ3n) is 2.48. The quantitative estimate of drug-likeness (QED) is 0.722. The lowest BCUT2D eigenvalue weighted by molar-refractivity contribution is 0.475. The molecule has 0 spiro atoms. The van der Waals surface area contributed by atoms with E-state index < -0.39 is 10.0 Å². The Bertz CT molecular complexity index is 495. The van der Waals surface area contributed by atoms with Gasteiger partial charge in [0.25, 0.3) is 0 Å². The summed E-state index contributed by atoms with van der Waals surface area (Å²) in [5, 5.41) is 12.9. The average Bonchev–Trinajstić information content (AvgIpc) is 2.46. The van der Waals surface area contributed by atoms with E-state index in [-0.39, 0.29) is 5.75 Å². The van der Waals surface area contributed by atoms with Crippen LogP contribution in [0.1, 0.15) is 19.3 Å². The van der Waals surface area contributed by atoms with Crippen LogP contribution in [0.25, 0.3) is 0 Å². The van der Waals surface area contributed by atoms with Crippen LogP contribution in [0.15, 0.2) is 18.2 Å². The Hall–Kier alpha value is -0.530. The van der Waals surface area contributed by atoms with Crippen LogP contribution in [0.4, 0.5) is 0 Å². The van der Waals surface area contributed by atoms with Gasteiger partial charge in [-0.15, -0.1) is 0 Å². The number of hydrogen-bond acceptors (Lipinski definition) is 4. The topological polar surface area (TPSA) is 78.4 Å². The van der Waals surface area contributed by atoms with E-state index in [1.807, 2.05) is 0 Å². The Morgan fingerprint density at radius 3 is 1.90 bits per heavy atom. The summed E-state index contributed by atoms with van der Waals surface area (Å²) in [5.41, 5.74) is 0. The SMILES string of the molecule is C1CCNCC1.CNS(C)(=O)=O.Oc1ccc(Cl)c(Cl)c1. The number of sulfonamides is 1. The molecule has 0 unspecified atom stereocenters. The smallest absolute Gasteiger partial charge is 0.208 e. The van der Waals surface area contributed by atoms with Crippen molar-refractivity contribution in [2.24, 2.45) is 0 Å². The zero-order valence-electron chi connectivity index (χ0n) is 12.2. The third kappa shape index (κ3) is 12.9. The van der Waals surface area contributed by atoms with Crippen molar-refractivity contribution in [3.05, 3.63) is 28.2 Å². The zero-order chi connectivity index (χ0) is 16.3. The molecule has 1 saturated heterocycles. The van der Waals surface area contributed by atoms with Gasteiger partial charge in [0.2, 0.25) is 10.0 Å². The molecule has 1 heterocycles. The van der Waals surface area contributed by atoms with Crippen LogP contribution in [0.3, 0.4) is 0 Å². The Kier molecular flexibility index (Phi) is 10.8. The molecule has 0 aromatic heterocycles. The predicted molar refractivity (Wildman–Crippen MR) is 88.8 cm³/mol. The van der Waals surface area contributed by atoms with Crippen molar-refractivity contribution in [3.8, 4) is 5.75 Å². The second kappa shape index (κ2) is 11.1. The van der Waals surface area contributed by atoms with Gasteiger partial charge in [-0.05, 0) is 51.2 Å². The molecule has 0 bridgehead atoms. The fourth-order valence-corrected chi connectivity index (χ4v) is 1.58. The Morgan fingerprint density at radius 1 is 1.14 bits per heavy atom. The van der Waals surface area contributed by atoms with Crippen LogP contribution in [0.2, 0.25) is 10.0 Å². The van der Waals surface area contributed by atoms with Crippen LogP contribution in [0.5, 0.6) is 5.75 Å². The molecule has 8 heteroatoms. The summed E-state index contributed by atoms with van der Waals surface area (Å²) >= 11 is 11.1. The molecule has 1 aliphatic heterocycles. The first-order valence-corrected chi connectivity index (χ1v) is 9.14. The van der Waals surface area contributed by atoms with Crippen molar-refractivity contribution in [3.63, 3.8) is 0 Å². The number of phenols is 1. The van der Waals surface area contributed by atoms with Gasteiger partial charge in [0, 0.05) is 0 Å². The van der Waals surface area contributed by atoms with E-state index >= 15 is 0 Å². The Morgan fingerprint density at radius 2 is 1.67 bits per heavy atom. The lowest BCUT2D eigenvalue weighted by Gasteiger charge is -2.08. The van der Waals surface area contributed by atoms with Crippen molar-refractivity contribution in [2.75, 3.05) is 26.4 Å². The molecular weight excluding hydrogens is 335 g/mol. The molecule has 1 aromatic carbocycles. The molecule has 0 saturated carbocycles. The van der Waals surface area contributed by atoms with Crippen LogP contribution >= 0.6 is 23.2 Å². The fraction of sp³-hybridized carbons (Fsp3) is 0.538. The van der Waals surface area contributed by atoms with Gasteiger partial charge < -0.3 is 10.4 Å². The summed E-state index contributed by atoms with van der Waals surface area (Å²) in [7, 11) is -1.54. The monoisotopic (exact) mass is 356 g/mol. The van der Waals surface area contributed by atoms with Crippen molar-refractivity contribution < 1.29 is 13.5 Å². The molecular formula is C13H22Cl2N2O3S. The summed E-state index contributed by atoms with van der Waals surface area (Å²) in [6.07, 6.45) is 5.32. The van der Waals surface area contributed by atoms with Crippen molar-refractivity contribution >= 4 is 33.2 Å². The fourth-order valence-electron chi connectivity index (χ4n) is 1.29. The molecule has 5 nitrogen and oxygen atoms in total. The van der Waals surface area contributed by atoms with E-state index in [0.29, 0.717) is 10.0 Å². The summed E-state index contributed by atoms with van der Waals surface area (Å²) in [6.45, 7) is 2.50. The second-order valence-electron chi connectivity index (χ2n) is 4.39. The molecule has 0 aliphatic carbocycles. The number of phenolic OH excluding ortho intramolecular Hbond substituents is 1. The first kappa shape index (κ1) is 20.5. The molecule has 2 rings (SSSR count). The third-order valence-corrected chi connectivity index (χ3v) is 3.96. The van der Waals surface area contributed by atoms with Gasteiger partial charge in [0.1, 0.15) is 5.75 Å². The molecule has 1 aromatic rings.